The summed E-state index contributed by atoms with van der Waals surface area (Å²) in [6, 6.07) is 13.0. The van der Waals surface area contributed by atoms with Crippen LogP contribution in [0.1, 0.15) is 18.4 Å². The van der Waals surface area contributed by atoms with Crippen molar-refractivity contribution in [2.45, 2.75) is 12.8 Å². The molecule has 0 saturated carbocycles. The first-order valence-corrected chi connectivity index (χ1v) is 8.34. The SMILES string of the molecule is C#Cc1cccc(Nc2ncnc3ccc(OCCCC(=O)NO)cc23)c1. The van der Waals surface area contributed by atoms with Gasteiger partial charge in [-0.15, -0.1) is 6.42 Å². The summed E-state index contributed by atoms with van der Waals surface area (Å²) in [7, 11) is 0. The zero-order chi connectivity index (χ0) is 19.1. The average Bonchev–Trinajstić information content (AvgIpc) is 2.71. The molecule has 0 aliphatic heterocycles. The molecule has 1 amide bonds. The third-order valence-corrected chi connectivity index (χ3v) is 3.84. The number of hydroxylamine groups is 1. The molecule has 0 bridgehead atoms. The van der Waals surface area contributed by atoms with Crippen LogP contribution in [0.5, 0.6) is 5.75 Å². The standard InChI is InChI=1S/C20H18N4O3/c1-2-14-5-3-6-15(11-14)23-20-17-12-16(8-9-18(17)21-13-22-20)27-10-4-7-19(25)24-26/h1,3,5-6,8-9,11-13,26H,4,7,10H2,(H,24,25)(H,21,22,23). The fraction of sp³-hybridized carbons (Fsp3) is 0.150. The second-order valence-corrected chi connectivity index (χ2v) is 5.74. The van der Waals surface area contributed by atoms with Crippen LogP contribution >= 0.6 is 0 Å². The quantitative estimate of drug-likeness (QED) is 0.259. The molecule has 0 atom stereocenters. The molecule has 0 fully saturated rings. The fourth-order valence-corrected chi connectivity index (χ4v) is 2.53. The van der Waals surface area contributed by atoms with E-state index in [-0.39, 0.29) is 6.42 Å². The van der Waals surface area contributed by atoms with Gasteiger partial charge in [-0.2, -0.15) is 0 Å². The lowest BCUT2D eigenvalue weighted by atomic mass is 10.2. The van der Waals surface area contributed by atoms with Crippen LogP contribution < -0.4 is 15.5 Å². The lowest BCUT2D eigenvalue weighted by molar-refractivity contribution is -0.129. The second kappa shape index (κ2) is 8.65. The van der Waals surface area contributed by atoms with Crippen LogP contribution in [0.2, 0.25) is 0 Å². The van der Waals surface area contributed by atoms with E-state index in [2.05, 4.69) is 21.2 Å². The van der Waals surface area contributed by atoms with E-state index in [9.17, 15) is 4.79 Å². The van der Waals surface area contributed by atoms with Crippen molar-refractivity contribution in [2.75, 3.05) is 11.9 Å². The normalized spacial score (nSPS) is 10.2. The molecule has 2 aromatic carbocycles. The van der Waals surface area contributed by atoms with Crippen LogP contribution in [-0.4, -0.2) is 27.7 Å². The largest absolute Gasteiger partial charge is 0.494 e. The number of benzene rings is 2. The molecule has 0 radical (unpaired) electrons. The third kappa shape index (κ3) is 4.71. The highest BCUT2D eigenvalue weighted by atomic mass is 16.5. The van der Waals surface area contributed by atoms with Gasteiger partial charge < -0.3 is 10.1 Å². The van der Waals surface area contributed by atoms with Gasteiger partial charge in [0.05, 0.1) is 12.1 Å². The Morgan fingerprint density at radius 1 is 1.22 bits per heavy atom. The Hall–Kier alpha value is -3.63. The first kappa shape index (κ1) is 18.2. The molecule has 0 unspecified atom stereocenters. The molecule has 1 aromatic heterocycles. The van der Waals surface area contributed by atoms with Gasteiger partial charge >= 0.3 is 0 Å². The number of carbonyl (C=O) groups excluding carboxylic acids is 1. The van der Waals surface area contributed by atoms with Gasteiger partial charge in [-0.3, -0.25) is 10.0 Å². The summed E-state index contributed by atoms with van der Waals surface area (Å²) in [6.45, 7) is 0.347. The number of carbonyl (C=O) groups is 1. The minimum Gasteiger partial charge on any atom is -0.494 e. The first-order chi connectivity index (χ1) is 13.2. The van der Waals surface area contributed by atoms with E-state index in [0.717, 1.165) is 22.2 Å². The number of terminal acetylenes is 1. The Balaban J connectivity index is 1.77. The van der Waals surface area contributed by atoms with Crippen molar-refractivity contribution in [1.29, 1.82) is 0 Å². The summed E-state index contributed by atoms with van der Waals surface area (Å²) in [5.41, 5.74) is 3.96. The number of aromatic nitrogens is 2. The van der Waals surface area contributed by atoms with Gasteiger partial charge in [0.25, 0.3) is 0 Å². The van der Waals surface area contributed by atoms with Gasteiger partial charge in [-0.25, -0.2) is 15.4 Å². The van der Waals surface area contributed by atoms with Crippen LogP contribution in [0.25, 0.3) is 10.9 Å². The van der Waals surface area contributed by atoms with Crippen molar-refractivity contribution in [2.24, 2.45) is 0 Å². The molecule has 3 rings (SSSR count). The van der Waals surface area contributed by atoms with Crippen molar-refractivity contribution in [1.82, 2.24) is 15.4 Å². The highest BCUT2D eigenvalue weighted by molar-refractivity contribution is 5.91. The van der Waals surface area contributed by atoms with Crippen LogP contribution in [0.15, 0.2) is 48.8 Å². The molecule has 0 saturated heterocycles. The lowest BCUT2D eigenvalue weighted by Gasteiger charge is -2.11. The highest BCUT2D eigenvalue weighted by Gasteiger charge is 2.07. The molecule has 0 spiro atoms. The topological polar surface area (TPSA) is 96.4 Å². The maximum atomic E-state index is 11.0. The number of rotatable bonds is 7. The van der Waals surface area contributed by atoms with Gasteiger partial charge in [-0.05, 0) is 42.8 Å². The number of nitrogens with one attached hydrogen (secondary N) is 2. The van der Waals surface area contributed by atoms with E-state index in [0.29, 0.717) is 24.6 Å². The molecular formula is C20H18N4O3. The zero-order valence-electron chi connectivity index (χ0n) is 14.5. The molecule has 0 aliphatic rings. The average molecular weight is 362 g/mol. The number of nitrogens with zero attached hydrogens (tertiary/aromatic N) is 2. The Kier molecular flexibility index (Phi) is 5.82. The number of anilines is 2. The summed E-state index contributed by atoms with van der Waals surface area (Å²) in [6.07, 6.45) is 7.61. The number of hydrogen-bond acceptors (Lipinski definition) is 6. The third-order valence-electron chi connectivity index (χ3n) is 3.84. The Bertz CT molecular complexity index is 998. The van der Waals surface area contributed by atoms with Crippen LogP contribution in [0, 0.1) is 12.3 Å². The summed E-state index contributed by atoms with van der Waals surface area (Å²) in [5, 5.41) is 12.5. The number of fused-ring (bicyclic) bond motifs is 1. The maximum Gasteiger partial charge on any atom is 0.243 e. The zero-order valence-corrected chi connectivity index (χ0v) is 14.5. The number of hydrogen-bond donors (Lipinski definition) is 3. The van der Waals surface area contributed by atoms with Crippen molar-refractivity contribution in [3.63, 3.8) is 0 Å². The first-order valence-electron chi connectivity index (χ1n) is 8.34. The molecular weight excluding hydrogens is 344 g/mol. The molecule has 3 N–H and O–H groups in total. The van der Waals surface area contributed by atoms with Crippen molar-refractivity contribution < 1.29 is 14.7 Å². The minimum atomic E-state index is -0.439. The van der Waals surface area contributed by atoms with Gasteiger partial charge in [0, 0.05) is 23.1 Å². The minimum absolute atomic E-state index is 0.186. The van der Waals surface area contributed by atoms with Crippen molar-refractivity contribution in [3.05, 3.63) is 54.4 Å². The predicted molar refractivity (Wildman–Crippen MR) is 102 cm³/mol. The molecule has 0 aliphatic carbocycles. The Morgan fingerprint density at radius 2 is 2.11 bits per heavy atom. The number of amides is 1. The van der Waals surface area contributed by atoms with E-state index >= 15 is 0 Å². The summed E-state index contributed by atoms with van der Waals surface area (Å²) in [4.78, 5) is 19.6. The number of ether oxygens (including phenoxy) is 1. The van der Waals surface area contributed by atoms with Crippen LogP contribution in [0.3, 0.4) is 0 Å². The van der Waals surface area contributed by atoms with Gasteiger partial charge in [-0.1, -0.05) is 12.0 Å². The second-order valence-electron chi connectivity index (χ2n) is 5.74. The molecule has 7 nitrogen and oxygen atoms in total. The monoisotopic (exact) mass is 362 g/mol. The summed E-state index contributed by atoms with van der Waals surface area (Å²) < 4.78 is 5.68. The van der Waals surface area contributed by atoms with E-state index < -0.39 is 5.91 Å². The van der Waals surface area contributed by atoms with E-state index in [4.69, 9.17) is 16.4 Å². The maximum absolute atomic E-state index is 11.0. The van der Waals surface area contributed by atoms with E-state index in [1.165, 1.54) is 6.33 Å². The van der Waals surface area contributed by atoms with Gasteiger partial charge in [0.1, 0.15) is 17.9 Å². The highest BCUT2D eigenvalue weighted by Crippen LogP contribution is 2.27. The summed E-state index contributed by atoms with van der Waals surface area (Å²) >= 11 is 0. The molecule has 1 heterocycles. The predicted octanol–water partition coefficient (Wildman–Crippen LogP) is 3.02. The molecule has 7 heteroatoms. The van der Waals surface area contributed by atoms with E-state index in [1.54, 1.807) is 5.48 Å². The lowest BCUT2D eigenvalue weighted by Crippen LogP contribution is -2.18. The smallest absolute Gasteiger partial charge is 0.243 e. The fourth-order valence-electron chi connectivity index (χ4n) is 2.53. The van der Waals surface area contributed by atoms with Crippen LogP contribution in [-0.2, 0) is 4.79 Å². The van der Waals surface area contributed by atoms with E-state index in [1.807, 2.05) is 42.5 Å². The Morgan fingerprint density at radius 3 is 2.93 bits per heavy atom. The summed E-state index contributed by atoms with van der Waals surface area (Å²) in [5.74, 6) is 3.44. The molecule has 27 heavy (non-hydrogen) atoms. The van der Waals surface area contributed by atoms with Crippen LogP contribution in [0.4, 0.5) is 11.5 Å². The van der Waals surface area contributed by atoms with Crippen molar-refractivity contribution >= 4 is 28.3 Å². The van der Waals surface area contributed by atoms with Gasteiger partial charge in [0.2, 0.25) is 5.91 Å². The molecule has 136 valence electrons. The molecule has 3 aromatic rings. The van der Waals surface area contributed by atoms with Crippen molar-refractivity contribution in [3.8, 4) is 18.1 Å². The van der Waals surface area contributed by atoms with Gasteiger partial charge in [0.15, 0.2) is 0 Å². The Labute approximate surface area is 156 Å².